The zero-order valence-corrected chi connectivity index (χ0v) is 17.2. The van der Waals surface area contributed by atoms with E-state index in [-0.39, 0.29) is 5.41 Å². The maximum Gasteiger partial charge on any atom is 0.0705 e. The van der Waals surface area contributed by atoms with Gasteiger partial charge in [-0.3, -0.25) is 4.98 Å². The molecule has 5 aromatic rings. The van der Waals surface area contributed by atoms with Gasteiger partial charge in [0, 0.05) is 11.8 Å². The van der Waals surface area contributed by atoms with Crippen molar-refractivity contribution in [1.82, 2.24) is 4.98 Å². The minimum atomic E-state index is 0.150. The molecule has 0 atom stereocenters. The van der Waals surface area contributed by atoms with Crippen molar-refractivity contribution in [2.45, 2.75) is 32.6 Å². The molecular formula is C28H25N. The number of hydrogen-bond donors (Lipinski definition) is 0. The molecule has 0 aliphatic heterocycles. The van der Waals surface area contributed by atoms with E-state index in [0.29, 0.717) is 0 Å². The Kier molecular flexibility index (Phi) is 4.13. The Labute approximate surface area is 172 Å². The van der Waals surface area contributed by atoms with E-state index in [1.54, 1.807) is 0 Å². The Morgan fingerprint density at radius 1 is 0.655 bits per heavy atom. The monoisotopic (exact) mass is 375 g/mol. The van der Waals surface area contributed by atoms with Gasteiger partial charge in [-0.25, -0.2) is 0 Å². The minimum Gasteiger partial charge on any atom is -0.256 e. The van der Waals surface area contributed by atoms with Gasteiger partial charge in [0.15, 0.2) is 0 Å². The van der Waals surface area contributed by atoms with Gasteiger partial charge in [-0.2, -0.15) is 0 Å². The Hall–Kier alpha value is -3.19. The molecule has 0 spiro atoms. The molecule has 0 amide bonds. The summed E-state index contributed by atoms with van der Waals surface area (Å²) in [6, 6.07) is 28.6. The summed E-state index contributed by atoms with van der Waals surface area (Å²) in [7, 11) is 0. The van der Waals surface area contributed by atoms with Crippen LogP contribution in [0.25, 0.3) is 43.6 Å². The first-order chi connectivity index (χ1) is 14.1. The van der Waals surface area contributed by atoms with Crippen molar-refractivity contribution in [3.8, 4) is 11.3 Å². The van der Waals surface area contributed by atoms with Crippen LogP contribution in [0, 0.1) is 0 Å². The molecule has 0 fully saturated rings. The summed E-state index contributed by atoms with van der Waals surface area (Å²) in [4.78, 5) is 4.71. The van der Waals surface area contributed by atoms with Crippen molar-refractivity contribution >= 4 is 32.3 Å². The second-order valence-corrected chi connectivity index (χ2v) is 8.52. The summed E-state index contributed by atoms with van der Waals surface area (Å²) < 4.78 is 0. The summed E-state index contributed by atoms with van der Waals surface area (Å²) >= 11 is 0. The molecule has 5 rings (SSSR count). The number of pyridine rings is 1. The van der Waals surface area contributed by atoms with Crippen LogP contribution in [-0.2, 0) is 5.41 Å². The second kappa shape index (κ2) is 6.70. The summed E-state index contributed by atoms with van der Waals surface area (Å²) in [5.74, 6) is 0. The molecule has 1 nitrogen and oxygen atoms in total. The van der Waals surface area contributed by atoms with E-state index in [9.17, 15) is 0 Å². The van der Waals surface area contributed by atoms with Gasteiger partial charge < -0.3 is 0 Å². The number of hydrogen-bond acceptors (Lipinski definition) is 1. The molecule has 0 aliphatic rings. The molecule has 0 aliphatic carbocycles. The maximum atomic E-state index is 4.71. The van der Waals surface area contributed by atoms with Crippen LogP contribution in [0.15, 0.2) is 85.1 Å². The molecule has 0 unspecified atom stereocenters. The van der Waals surface area contributed by atoms with Crippen LogP contribution in [-0.4, -0.2) is 4.98 Å². The third-order valence-corrected chi connectivity index (χ3v) is 6.47. The van der Waals surface area contributed by atoms with Crippen LogP contribution in [0.1, 0.15) is 32.8 Å². The predicted molar refractivity (Wildman–Crippen MR) is 126 cm³/mol. The first-order valence-corrected chi connectivity index (χ1v) is 10.4. The van der Waals surface area contributed by atoms with E-state index in [2.05, 4.69) is 99.6 Å². The summed E-state index contributed by atoms with van der Waals surface area (Å²) in [6.07, 6.45) is 3.05. The van der Waals surface area contributed by atoms with Gasteiger partial charge in [0.25, 0.3) is 0 Å². The fourth-order valence-corrected chi connectivity index (χ4v) is 4.28. The predicted octanol–water partition coefficient (Wildman–Crippen LogP) is 7.90. The molecule has 1 heterocycles. The van der Waals surface area contributed by atoms with Gasteiger partial charge in [-0.15, -0.1) is 0 Å². The van der Waals surface area contributed by atoms with Gasteiger partial charge in [0.1, 0.15) is 0 Å². The summed E-state index contributed by atoms with van der Waals surface area (Å²) in [5.41, 5.74) is 3.71. The van der Waals surface area contributed by atoms with E-state index in [1.807, 2.05) is 6.20 Å². The molecule has 0 saturated heterocycles. The van der Waals surface area contributed by atoms with Crippen molar-refractivity contribution in [2.75, 3.05) is 0 Å². The SMILES string of the molecule is CCC(C)(C)c1ccnc(-c2ccc3c4ccccc4c4ccccc4c3c2)c1. The average Bonchev–Trinajstić information content (AvgIpc) is 2.79. The third kappa shape index (κ3) is 2.89. The highest BCUT2D eigenvalue weighted by molar-refractivity contribution is 6.25. The summed E-state index contributed by atoms with van der Waals surface area (Å²) in [6.45, 7) is 6.84. The van der Waals surface area contributed by atoms with E-state index in [4.69, 9.17) is 4.98 Å². The van der Waals surface area contributed by atoms with Gasteiger partial charge >= 0.3 is 0 Å². The maximum absolute atomic E-state index is 4.71. The smallest absolute Gasteiger partial charge is 0.0705 e. The minimum absolute atomic E-state index is 0.150. The largest absolute Gasteiger partial charge is 0.256 e. The lowest BCUT2D eigenvalue weighted by molar-refractivity contribution is 0.506. The van der Waals surface area contributed by atoms with E-state index in [1.165, 1.54) is 43.4 Å². The van der Waals surface area contributed by atoms with Gasteiger partial charge in [-0.05, 0) is 67.9 Å². The number of rotatable bonds is 3. The first-order valence-electron chi connectivity index (χ1n) is 10.4. The van der Waals surface area contributed by atoms with Gasteiger partial charge in [-0.1, -0.05) is 81.4 Å². The lowest BCUT2D eigenvalue weighted by atomic mass is 9.82. The third-order valence-electron chi connectivity index (χ3n) is 6.47. The number of fused-ring (bicyclic) bond motifs is 6. The van der Waals surface area contributed by atoms with Crippen LogP contribution in [0.2, 0.25) is 0 Å². The molecular weight excluding hydrogens is 350 g/mol. The normalized spacial score (nSPS) is 12.1. The van der Waals surface area contributed by atoms with Crippen LogP contribution >= 0.6 is 0 Å². The number of benzene rings is 4. The van der Waals surface area contributed by atoms with Crippen molar-refractivity contribution in [2.24, 2.45) is 0 Å². The van der Waals surface area contributed by atoms with Crippen LogP contribution in [0.4, 0.5) is 0 Å². The zero-order chi connectivity index (χ0) is 20.0. The number of nitrogens with zero attached hydrogens (tertiary/aromatic N) is 1. The molecule has 0 saturated carbocycles. The molecule has 0 radical (unpaired) electrons. The fourth-order valence-electron chi connectivity index (χ4n) is 4.28. The Bertz CT molecular complexity index is 1330. The molecule has 142 valence electrons. The van der Waals surface area contributed by atoms with Crippen molar-refractivity contribution < 1.29 is 0 Å². The van der Waals surface area contributed by atoms with Crippen LogP contribution in [0.3, 0.4) is 0 Å². The zero-order valence-electron chi connectivity index (χ0n) is 17.2. The molecule has 0 bridgehead atoms. The van der Waals surface area contributed by atoms with Crippen molar-refractivity contribution in [3.05, 3.63) is 90.6 Å². The highest BCUT2D eigenvalue weighted by Crippen LogP contribution is 2.37. The quantitative estimate of drug-likeness (QED) is 0.292. The van der Waals surface area contributed by atoms with Crippen LogP contribution < -0.4 is 0 Å². The van der Waals surface area contributed by atoms with Gasteiger partial charge in [0.2, 0.25) is 0 Å². The highest BCUT2D eigenvalue weighted by atomic mass is 14.7. The standard InChI is InChI=1S/C28H25N/c1-4-28(2,3)20-15-16-29-27(18-20)19-13-14-25-23-11-6-5-9-21(23)22-10-7-8-12-24(22)26(25)17-19/h5-18H,4H2,1-3H3. The van der Waals surface area contributed by atoms with Crippen molar-refractivity contribution in [3.63, 3.8) is 0 Å². The Balaban J connectivity index is 1.80. The lowest BCUT2D eigenvalue weighted by Gasteiger charge is -2.23. The molecule has 1 heteroatoms. The second-order valence-electron chi connectivity index (χ2n) is 8.52. The van der Waals surface area contributed by atoms with Crippen LogP contribution in [0.5, 0.6) is 0 Å². The van der Waals surface area contributed by atoms with Gasteiger partial charge in [0.05, 0.1) is 5.69 Å². The molecule has 4 aromatic carbocycles. The number of aromatic nitrogens is 1. The van der Waals surface area contributed by atoms with E-state index >= 15 is 0 Å². The lowest BCUT2D eigenvalue weighted by Crippen LogP contribution is -2.15. The fraction of sp³-hybridized carbons (Fsp3) is 0.179. The van der Waals surface area contributed by atoms with E-state index < -0.39 is 0 Å². The average molecular weight is 376 g/mol. The van der Waals surface area contributed by atoms with Crippen molar-refractivity contribution in [1.29, 1.82) is 0 Å². The molecule has 1 aromatic heterocycles. The topological polar surface area (TPSA) is 12.9 Å². The van der Waals surface area contributed by atoms with E-state index in [0.717, 1.165) is 12.1 Å². The summed E-state index contributed by atoms with van der Waals surface area (Å²) in [5, 5.41) is 7.82. The Morgan fingerprint density at radius 2 is 1.21 bits per heavy atom. The molecule has 0 N–H and O–H groups in total. The molecule has 29 heavy (non-hydrogen) atoms. The Morgan fingerprint density at radius 3 is 1.79 bits per heavy atom. The highest BCUT2D eigenvalue weighted by Gasteiger charge is 2.19. The first kappa shape index (κ1) is 17.9.